The van der Waals surface area contributed by atoms with Gasteiger partial charge < -0.3 is 9.47 Å². The summed E-state index contributed by atoms with van der Waals surface area (Å²) in [4.78, 5) is 15.1. The van der Waals surface area contributed by atoms with Gasteiger partial charge in [-0.05, 0) is 6.92 Å². The first-order valence-electron chi connectivity index (χ1n) is 5.44. The second-order valence-corrected chi connectivity index (χ2v) is 3.46. The van der Waals surface area contributed by atoms with Crippen molar-refractivity contribution in [3.8, 4) is 11.8 Å². The number of pyridine rings is 1. The Morgan fingerprint density at radius 2 is 2.26 bits per heavy atom. The molecule has 0 fully saturated rings. The molecule has 0 atom stereocenters. The standard InChI is InChI=1S/C12H12F2N2O3/c1-3-19-10(17)4-9-7(5-15)11(18-2)8(6-16-9)12(13)14/h6,12H,3-4H2,1-2H3. The Kier molecular flexibility index (Phi) is 5.18. The molecule has 1 aromatic rings. The lowest BCUT2D eigenvalue weighted by Crippen LogP contribution is -2.11. The number of hydrogen-bond acceptors (Lipinski definition) is 5. The largest absolute Gasteiger partial charge is 0.495 e. The molecule has 19 heavy (non-hydrogen) atoms. The van der Waals surface area contributed by atoms with Crippen molar-refractivity contribution in [3.63, 3.8) is 0 Å². The van der Waals surface area contributed by atoms with E-state index in [1.165, 1.54) is 7.11 Å². The van der Waals surface area contributed by atoms with Crippen LogP contribution in [0.4, 0.5) is 8.78 Å². The second-order valence-electron chi connectivity index (χ2n) is 3.46. The average molecular weight is 270 g/mol. The number of halogens is 2. The molecule has 0 bridgehead atoms. The Hall–Kier alpha value is -2.23. The fraction of sp³-hybridized carbons (Fsp3) is 0.417. The van der Waals surface area contributed by atoms with Crippen LogP contribution in [0.25, 0.3) is 0 Å². The number of nitriles is 1. The van der Waals surface area contributed by atoms with Crippen molar-refractivity contribution in [2.24, 2.45) is 0 Å². The highest BCUT2D eigenvalue weighted by Gasteiger charge is 2.22. The van der Waals surface area contributed by atoms with Crippen LogP contribution in [0.2, 0.25) is 0 Å². The summed E-state index contributed by atoms with van der Waals surface area (Å²) in [7, 11) is 1.18. The van der Waals surface area contributed by atoms with Crippen molar-refractivity contribution < 1.29 is 23.0 Å². The lowest BCUT2D eigenvalue weighted by molar-refractivity contribution is -0.142. The summed E-state index contributed by atoms with van der Waals surface area (Å²) in [6.45, 7) is 1.82. The van der Waals surface area contributed by atoms with Crippen molar-refractivity contribution in [2.75, 3.05) is 13.7 Å². The van der Waals surface area contributed by atoms with Gasteiger partial charge in [0.2, 0.25) is 0 Å². The number of esters is 1. The fourth-order valence-corrected chi connectivity index (χ4v) is 1.52. The first-order valence-corrected chi connectivity index (χ1v) is 5.44. The number of alkyl halides is 2. The third-order valence-corrected chi connectivity index (χ3v) is 2.31. The minimum Gasteiger partial charge on any atom is -0.495 e. The van der Waals surface area contributed by atoms with Crippen molar-refractivity contribution in [3.05, 3.63) is 23.0 Å². The highest BCUT2D eigenvalue weighted by molar-refractivity contribution is 5.73. The monoisotopic (exact) mass is 270 g/mol. The van der Waals surface area contributed by atoms with Gasteiger partial charge in [0.1, 0.15) is 17.4 Å². The zero-order valence-electron chi connectivity index (χ0n) is 10.4. The molecule has 1 aromatic heterocycles. The van der Waals surface area contributed by atoms with Crippen LogP contribution < -0.4 is 4.74 Å². The van der Waals surface area contributed by atoms with Gasteiger partial charge >= 0.3 is 5.97 Å². The maximum Gasteiger partial charge on any atom is 0.311 e. The molecule has 1 heterocycles. The molecule has 5 nitrogen and oxygen atoms in total. The topological polar surface area (TPSA) is 72.2 Å². The number of hydrogen-bond donors (Lipinski definition) is 0. The summed E-state index contributed by atoms with van der Waals surface area (Å²) in [5, 5.41) is 9.01. The quantitative estimate of drug-likeness (QED) is 0.765. The molecule has 0 aromatic carbocycles. The predicted molar refractivity (Wildman–Crippen MR) is 60.8 cm³/mol. The summed E-state index contributed by atoms with van der Waals surface area (Å²) in [5.41, 5.74) is -0.595. The number of methoxy groups -OCH3 is 1. The minimum atomic E-state index is -2.81. The Morgan fingerprint density at radius 3 is 2.74 bits per heavy atom. The maximum absolute atomic E-state index is 12.7. The number of ether oxygens (including phenoxy) is 2. The van der Waals surface area contributed by atoms with E-state index in [2.05, 4.69) is 4.98 Å². The molecule has 0 spiro atoms. The van der Waals surface area contributed by atoms with E-state index in [1.807, 2.05) is 0 Å². The van der Waals surface area contributed by atoms with E-state index in [-0.39, 0.29) is 30.0 Å². The van der Waals surface area contributed by atoms with Gasteiger partial charge in [-0.3, -0.25) is 9.78 Å². The highest BCUT2D eigenvalue weighted by Crippen LogP contribution is 2.32. The first kappa shape index (κ1) is 14.8. The smallest absolute Gasteiger partial charge is 0.311 e. The molecule has 0 radical (unpaired) electrons. The first-order chi connectivity index (χ1) is 9.04. The Bertz CT molecular complexity index is 512. The minimum absolute atomic E-state index is 0.0576. The SMILES string of the molecule is CCOC(=O)Cc1ncc(C(F)F)c(OC)c1C#N. The van der Waals surface area contributed by atoms with Crippen LogP contribution in [0.15, 0.2) is 6.20 Å². The lowest BCUT2D eigenvalue weighted by Gasteiger charge is -2.11. The highest BCUT2D eigenvalue weighted by atomic mass is 19.3. The van der Waals surface area contributed by atoms with E-state index in [9.17, 15) is 13.6 Å². The molecule has 102 valence electrons. The molecule has 0 saturated carbocycles. The molecule has 0 aliphatic carbocycles. The average Bonchev–Trinajstić information content (AvgIpc) is 2.37. The third kappa shape index (κ3) is 3.37. The summed E-state index contributed by atoms with van der Waals surface area (Å²) < 4.78 is 35.0. The van der Waals surface area contributed by atoms with Crippen LogP contribution in [0.3, 0.4) is 0 Å². The van der Waals surface area contributed by atoms with E-state index in [0.717, 1.165) is 6.20 Å². The van der Waals surface area contributed by atoms with Gasteiger partial charge in [-0.1, -0.05) is 0 Å². The molecule has 0 saturated heterocycles. The van der Waals surface area contributed by atoms with Crippen LogP contribution in [-0.2, 0) is 16.0 Å². The number of rotatable bonds is 5. The third-order valence-electron chi connectivity index (χ3n) is 2.31. The number of carbonyl (C=O) groups excluding carboxylic acids is 1. The molecule has 0 aliphatic heterocycles. The van der Waals surface area contributed by atoms with E-state index in [4.69, 9.17) is 14.7 Å². The van der Waals surface area contributed by atoms with Crippen LogP contribution in [0.1, 0.15) is 30.2 Å². The summed E-state index contributed by atoms with van der Waals surface area (Å²) in [6, 6.07) is 1.73. The van der Waals surface area contributed by atoms with Gasteiger partial charge in [-0.25, -0.2) is 8.78 Å². The zero-order valence-corrected chi connectivity index (χ0v) is 10.4. The summed E-state index contributed by atoms with van der Waals surface area (Å²) in [6.07, 6.45) is -2.18. The molecule has 0 unspecified atom stereocenters. The Morgan fingerprint density at radius 1 is 1.58 bits per heavy atom. The van der Waals surface area contributed by atoms with Crippen molar-refractivity contribution in [1.82, 2.24) is 4.98 Å². The van der Waals surface area contributed by atoms with Crippen molar-refractivity contribution in [1.29, 1.82) is 5.26 Å². The van der Waals surface area contributed by atoms with Crippen LogP contribution in [0, 0.1) is 11.3 Å². The maximum atomic E-state index is 12.7. The second kappa shape index (κ2) is 6.64. The fourth-order valence-electron chi connectivity index (χ4n) is 1.52. The normalized spacial score (nSPS) is 10.1. The summed E-state index contributed by atoms with van der Waals surface area (Å²) >= 11 is 0. The van der Waals surface area contributed by atoms with Crippen LogP contribution in [0.5, 0.6) is 5.75 Å². The van der Waals surface area contributed by atoms with Gasteiger partial charge in [-0.15, -0.1) is 0 Å². The molecule has 7 heteroatoms. The van der Waals surface area contributed by atoms with Gasteiger partial charge in [0.15, 0.2) is 0 Å². The van der Waals surface area contributed by atoms with E-state index in [1.54, 1.807) is 13.0 Å². The molecular formula is C12H12F2N2O3. The van der Waals surface area contributed by atoms with Crippen LogP contribution in [-0.4, -0.2) is 24.7 Å². The lowest BCUT2D eigenvalue weighted by atomic mass is 10.1. The molecule has 0 aliphatic rings. The van der Waals surface area contributed by atoms with Crippen molar-refractivity contribution >= 4 is 5.97 Å². The van der Waals surface area contributed by atoms with Crippen molar-refractivity contribution in [2.45, 2.75) is 19.8 Å². The van der Waals surface area contributed by atoms with E-state index in [0.29, 0.717) is 0 Å². The van der Waals surface area contributed by atoms with E-state index >= 15 is 0 Å². The number of nitrogens with zero attached hydrogens (tertiary/aromatic N) is 2. The van der Waals surface area contributed by atoms with Crippen LogP contribution >= 0.6 is 0 Å². The predicted octanol–water partition coefficient (Wildman–Crippen LogP) is 2.01. The van der Waals surface area contributed by atoms with Gasteiger partial charge in [0.25, 0.3) is 6.43 Å². The van der Waals surface area contributed by atoms with E-state index < -0.39 is 18.0 Å². The zero-order chi connectivity index (χ0) is 14.4. The number of carbonyl (C=O) groups is 1. The Labute approximate surface area is 108 Å². The van der Waals surface area contributed by atoms with Gasteiger partial charge in [-0.2, -0.15) is 5.26 Å². The van der Waals surface area contributed by atoms with Gasteiger partial charge in [0.05, 0.1) is 31.4 Å². The summed E-state index contributed by atoms with van der Waals surface area (Å²) in [5.74, 6) is -0.842. The molecule has 1 rings (SSSR count). The molecular weight excluding hydrogens is 258 g/mol. The molecule has 0 amide bonds. The number of aromatic nitrogens is 1. The van der Waals surface area contributed by atoms with Gasteiger partial charge in [0, 0.05) is 6.20 Å². The Balaban J connectivity index is 3.21. The molecule has 0 N–H and O–H groups in total.